The zero-order chi connectivity index (χ0) is 60.1. The molecule has 25 heteroatoms. The minimum atomic E-state index is -2.26. The lowest BCUT2D eigenvalue weighted by molar-refractivity contribution is -0.398. The highest BCUT2D eigenvalue weighted by molar-refractivity contribution is 5.87. The third kappa shape index (κ3) is 10.5. The van der Waals surface area contributed by atoms with Crippen LogP contribution in [0.3, 0.4) is 0 Å². The quantitative estimate of drug-likeness (QED) is 0.0308. The van der Waals surface area contributed by atoms with Crippen LogP contribution in [0.25, 0.3) is 0 Å². The Labute approximate surface area is 476 Å². The second-order valence-electron chi connectivity index (χ2n) is 26.7. The largest absolute Gasteiger partial charge is 0.479 e. The van der Waals surface area contributed by atoms with Crippen LogP contribution in [0.15, 0.2) is 23.3 Å². The molecule has 5 aliphatic carbocycles. The van der Waals surface area contributed by atoms with Gasteiger partial charge < -0.3 is 114 Å². The van der Waals surface area contributed by atoms with E-state index in [0.717, 1.165) is 11.9 Å². The van der Waals surface area contributed by atoms with Gasteiger partial charge in [-0.05, 0) is 105 Å². The van der Waals surface area contributed by atoms with Crippen LogP contribution in [0.2, 0.25) is 0 Å². The van der Waals surface area contributed by atoms with Crippen molar-refractivity contribution in [2.75, 3.05) is 26.4 Å². The first-order chi connectivity index (χ1) is 38.4. The Kier molecular flexibility index (Phi) is 18.2. The zero-order valence-corrected chi connectivity index (χ0v) is 47.8. The predicted octanol–water partition coefficient (Wildman–Crippen LogP) is -1.55. The standard InChI is InChI=1S/C57H88O25/c1-9-24(2)47(73)76-23-57-26(16-52(3,4)17-32(57)62)25-10-11-31-53(5)14-13-34(54(6,22-59)30(53)12-15-55(31,7)56(25,8)18-33(57)63)78-51-45(82-49-40(69)38(67)37(66)29(19-58)77-49)42(41(70)43(80-51)46(71)72)79-50-44(36(65)28(61)21-75-50)81-48-39(68)35(64)27(60)20-74-48/h9-10,22,26-45,48-51,58,60-70H,11-21,23H2,1-8H3,(H,71,72). The fourth-order valence-electron chi connectivity index (χ4n) is 16.6. The van der Waals surface area contributed by atoms with Crippen LogP contribution >= 0.6 is 0 Å². The summed E-state index contributed by atoms with van der Waals surface area (Å²) in [5.74, 6) is -3.10. The van der Waals surface area contributed by atoms with Crippen LogP contribution in [-0.4, -0.2) is 240 Å². The number of allylic oxidation sites excluding steroid dienone is 3. The van der Waals surface area contributed by atoms with Crippen molar-refractivity contribution in [2.24, 2.45) is 50.2 Å². The van der Waals surface area contributed by atoms with Crippen LogP contribution < -0.4 is 0 Å². The molecule has 0 bridgehead atoms. The molecule has 0 spiro atoms. The average molecular weight is 1170 g/mol. The van der Waals surface area contributed by atoms with Crippen molar-refractivity contribution in [3.05, 3.63) is 23.3 Å². The molecule has 29 unspecified atom stereocenters. The molecule has 0 aromatic heterocycles. The number of hydrogen-bond donors (Lipinski definition) is 13. The van der Waals surface area contributed by atoms with Crippen molar-refractivity contribution >= 4 is 18.2 Å². The summed E-state index contributed by atoms with van der Waals surface area (Å²) in [6.07, 6.45) is -29.2. The maximum absolute atomic E-state index is 14.1. The maximum atomic E-state index is 14.1. The summed E-state index contributed by atoms with van der Waals surface area (Å²) < 4.78 is 54.1. The smallest absolute Gasteiger partial charge is 0.335 e. The van der Waals surface area contributed by atoms with Gasteiger partial charge in [0.2, 0.25) is 0 Å². The van der Waals surface area contributed by atoms with Gasteiger partial charge in [0.1, 0.15) is 92.2 Å². The highest BCUT2D eigenvalue weighted by Crippen LogP contribution is 2.76. The number of aliphatic hydroxyl groups excluding tert-OH is 12. The molecule has 0 aromatic carbocycles. The van der Waals surface area contributed by atoms with Gasteiger partial charge in [0.25, 0.3) is 0 Å². The van der Waals surface area contributed by atoms with Gasteiger partial charge in [-0.1, -0.05) is 59.3 Å². The summed E-state index contributed by atoms with van der Waals surface area (Å²) in [4.78, 5) is 40.4. The van der Waals surface area contributed by atoms with Crippen molar-refractivity contribution in [3.8, 4) is 0 Å². The first kappa shape index (κ1) is 63.8. The van der Waals surface area contributed by atoms with Crippen molar-refractivity contribution in [3.63, 3.8) is 0 Å². The molecule has 82 heavy (non-hydrogen) atoms. The monoisotopic (exact) mass is 1170 g/mol. The Morgan fingerprint density at radius 3 is 1.94 bits per heavy atom. The lowest BCUT2D eigenvalue weighted by Crippen LogP contribution is -2.70. The Balaban J connectivity index is 1.04. The average Bonchev–Trinajstić information content (AvgIpc) is 2.16. The van der Waals surface area contributed by atoms with Gasteiger partial charge in [-0.2, -0.15) is 0 Å². The number of carboxylic acid groups (broad SMARTS) is 1. The number of ether oxygens (including phenoxy) is 9. The van der Waals surface area contributed by atoms with Crippen LogP contribution in [0.4, 0.5) is 0 Å². The minimum Gasteiger partial charge on any atom is -0.479 e. The molecule has 8 fully saturated rings. The number of carbonyl (C=O) groups is 3. The summed E-state index contributed by atoms with van der Waals surface area (Å²) in [5.41, 5.74) is -3.04. The second-order valence-corrected chi connectivity index (χ2v) is 26.7. The number of esters is 1. The molecular weight excluding hydrogens is 1080 g/mol. The number of aliphatic carboxylic acids is 1. The summed E-state index contributed by atoms with van der Waals surface area (Å²) in [6, 6.07) is 0. The van der Waals surface area contributed by atoms with Gasteiger partial charge in [0.15, 0.2) is 31.3 Å². The normalized spacial score (nSPS) is 52.2. The number of hydrogen-bond acceptors (Lipinski definition) is 24. The zero-order valence-electron chi connectivity index (χ0n) is 47.8. The number of aldehydes is 1. The van der Waals surface area contributed by atoms with E-state index in [2.05, 4.69) is 40.7 Å². The number of aliphatic hydroxyl groups is 12. The number of carbonyl (C=O) groups excluding carboxylic acids is 2. The number of carboxylic acids is 1. The van der Waals surface area contributed by atoms with Crippen LogP contribution in [-0.2, 0) is 57.0 Å². The van der Waals surface area contributed by atoms with Crippen molar-refractivity contribution in [2.45, 2.75) is 236 Å². The molecule has 0 radical (unpaired) electrons. The van der Waals surface area contributed by atoms with Crippen LogP contribution in [0, 0.1) is 50.2 Å². The van der Waals surface area contributed by atoms with E-state index in [1.54, 1.807) is 26.8 Å². The summed E-state index contributed by atoms with van der Waals surface area (Å²) in [7, 11) is 0. The van der Waals surface area contributed by atoms with Gasteiger partial charge >= 0.3 is 11.9 Å². The van der Waals surface area contributed by atoms with Gasteiger partial charge in [-0.3, -0.25) is 0 Å². The lowest BCUT2D eigenvalue weighted by atomic mass is 9.33. The van der Waals surface area contributed by atoms with E-state index in [1.807, 2.05) is 0 Å². The first-order valence-electron chi connectivity index (χ1n) is 28.8. The van der Waals surface area contributed by atoms with E-state index >= 15 is 0 Å². The predicted molar refractivity (Wildman–Crippen MR) is 278 cm³/mol. The SMILES string of the molecule is CC=C(C)C(=O)OCC12C(O)CC(C)(C)CC1C1=CCC3C4(C)CCC(OC5OC(C(=O)O)C(O)C(OC6OCC(O)C(O)C6OC6OCC(O)C(O)C6O)C5OC5OC(CO)C(O)C(O)C5O)C(C)(C=O)C4CCC3(C)C1(C)CC2O. The highest BCUT2D eigenvalue weighted by atomic mass is 16.8. The van der Waals surface area contributed by atoms with Crippen molar-refractivity contribution in [1.82, 2.24) is 0 Å². The Hall–Kier alpha value is -2.71. The molecule has 4 saturated carbocycles. The van der Waals surface area contributed by atoms with E-state index in [9.17, 15) is 80.8 Å². The van der Waals surface area contributed by atoms with Gasteiger partial charge in [0, 0.05) is 5.57 Å². The van der Waals surface area contributed by atoms with Crippen LogP contribution in [0.1, 0.15) is 107 Å². The summed E-state index contributed by atoms with van der Waals surface area (Å²) in [6.45, 7) is 13.7. The lowest BCUT2D eigenvalue weighted by Gasteiger charge is -2.72. The molecule has 466 valence electrons. The molecule has 13 N–H and O–H groups in total. The van der Waals surface area contributed by atoms with Crippen molar-refractivity contribution < 1.29 is 123 Å². The third-order valence-corrected chi connectivity index (χ3v) is 21.7. The fraction of sp³-hybridized carbons (Fsp3) is 0.877. The molecule has 4 saturated heterocycles. The van der Waals surface area contributed by atoms with E-state index in [-0.39, 0.29) is 36.7 Å². The molecule has 4 aliphatic heterocycles. The topological polar surface area (TPSA) is 397 Å². The highest BCUT2D eigenvalue weighted by Gasteiger charge is 2.72. The van der Waals surface area contributed by atoms with E-state index in [4.69, 9.17) is 42.6 Å². The van der Waals surface area contributed by atoms with Gasteiger partial charge in [-0.15, -0.1) is 0 Å². The second kappa shape index (κ2) is 23.4. The summed E-state index contributed by atoms with van der Waals surface area (Å²) >= 11 is 0. The molecule has 9 rings (SSSR count). The molecule has 0 aromatic rings. The third-order valence-electron chi connectivity index (χ3n) is 21.7. The fourth-order valence-corrected chi connectivity index (χ4v) is 16.6. The van der Waals surface area contributed by atoms with E-state index in [1.165, 1.54) is 0 Å². The maximum Gasteiger partial charge on any atom is 0.335 e. The molecule has 4 heterocycles. The molecule has 25 nitrogen and oxygen atoms in total. The molecule has 29 atom stereocenters. The minimum absolute atomic E-state index is 0.0883. The van der Waals surface area contributed by atoms with E-state index < -0.39 is 194 Å². The number of fused-ring (bicyclic) bond motifs is 7. The van der Waals surface area contributed by atoms with Gasteiger partial charge in [-0.25, -0.2) is 9.59 Å². The van der Waals surface area contributed by atoms with E-state index in [0.29, 0.717) is 44.1 Å². The molecule has 0 amide bonds. The van der Waals surface area contributed by atoms with Crippen LogP contribution in [0.5, 0.6) is 0 Å². The van der Waals surface area contributed by atoms with Gasteiger partial charge in [0.05, 0.1) is 49.0 Å². The Bertz CT molecular complexity index is 2390. The molecular formula is C57H88O25. The Morgan fingerprint density at radius 1 is 0.671 bits per heavy atom. The summed E-state index contributed by atoms with van der Waals surface area (Å²) in [5, 5.41) is 144. The molecule has 9 aliphatic rings. The number of rotatable bonds is 14. The first-order valence-corrected chi connectivity index (χ1v) is 28.8. The van der Waals surface area contributed by atoms with Crippen molar-refractivity contribution in [1.29, 1.82) is 0 Å². The Morgan fingerprint density at radius 2 is 1.29 bits per heavy atom.